The van der Waals surface area contributed by atoms with E-state index in [0.717, 1.165) is 25.9 Å². The predicted octanol–water partition coefficient (Wildman–Crippen LogP) is 1.84. The Balaban J connectivity index is 1.98. The first-order valence-corrected chi connectivity index (χ1v) is 4.36. The molecule has 63 valence electrons. The number of carbonyl (C=O) groups excluding carboxylic acids is 1. The third-order valence-electron chi connectivity index (χ3n) is 2.02. The van der Waals surface area contributed by atoms with Crippen molar-refractivity contribution < 1.29 is 9.53 Å². The topological polar surface area (TPSA) is 26.3 Å². The summed E-state index contributed by atoms with van der Waals surface area (Å²) in [5.41, 5.74) is -0.465. The van der Waals surface area contributed by atoms with Crippen LogP contribution in [-0.4, -0.2) is 18.5 Å². The number of rotatable bonds is 6. The maximum Gasteiger partial charge on any atom is 0.233 e. The molecule has 0 unspecified atom stereocenters. The quantitative estimate of drug-likeness (QED) is 0.547. The molecule has 0 heterocycles. The molecule has 1 aliphatic carbocycles. The molecule has 1 saturated carbocycles. The van der Waals surface area contributed by atoms with Gasteiger partial charge in [0, 0.05) is 6.61 Å². The molecule has 0 saturated heterocycles. The monoisotopic (exact) mass is 155 g/mol. The van der Waals surface area contributed by atoms with E-state index >= 15 is 0 Å². The van der Waals surface area contributed by atoms with Gasteiger partial charge in [0.2, 0.25) is 6.29 Å². The van der Waals surface area contributed by atoms with E-state index in [4.69, 9.17) is 4.74 Å². The molecule has 0 spiro atoms. The normalized spacial score (nSPS) is 19.7. The van der Waals surface area contributed by atoms with Crippen LogP contribution in [0.25, 0.3) is 0 Å². The van der Waals surface area contributed by atoms with Gasteiger partial charge in [-0.25, -0.2) is 0 Å². The average Bonchev–Trinajstić information content (AvgIpc) is 2.80. The molecule has 2 heteroatoms. The first kappa shape index (κ1) is 8.72. The molecule has 0 aromatic carbocycles. The summed E-state index contributed by atoms with van der Waals surface area (Å²) in [6.07, 6.45) is 7.17. The van der Waals surface area contributed by atoms with Crippen molar-refractivity contribution in [3.63, 3.8) is 0 Å². The van der Waals surface area contributed by atoms with Crippen LogP contribution in [0.5, 0.6) is 0 Å². The lowest BCUT2D eigenvalue weighted by molar-refractivity contribution is 0.0754. The number of ether oxygens (including phenoxy) is 1. The summed E-state index contributed by atoms with van der Waals surface area (Å²) in [6.45, 7) is 2.88. The summed E-state index contributed by atoms with van der Waals surface area (Å²) in [7, 11) is 0. The van der Waals surface area contributed by atoms with Crippen LogP contribution in [0.15, 0.2) is 0 Å². The van der Waals surface area contributed by atoms with E-state index in [-0.39, 0.29) is 0 Å². The van der Waals surface area contributed by atoms with Gasteiger partial charge in [0.1, 0.15) is 5.60 Å². The third kappa shape index (κ3) is 2.62. The van der Waals surface area contributed by atoms with Crippen molar-refractivity contribution in [2.24, 2.45) is 0 Å². The van der Waals surface area contributed by atoms with Gasteiger partial charge in [-0.3, -0.25) is 4.79 Å². The van der Waals surface area contributed by atoms with Gasteiger partial charge in [-0.05, 0) is 19.3 Å². The average molecular weight is 155 g/mol. The predicted molar refractivity (Wildman–Crippen MR) is 43.1 cm³/mol. The summed E-state index contributed by atoms with van der Waals surface area (Å²) in [6, 6.07) is 0. The third-order valence-corrected chi connectivity index (χ3v) is 2.02. The van der Waals surface area contributed by atoms with Crippen LogP contribution in [-0.2, 0) is 9.53 Å². The minimum absolute atomic E-state index is 0.465. The maximum absolute atomic E-state index is 10.3. The number of unbranched alkanes of at least 4 members (excludes halogenated alkanes) is 2. The summed E-state index contributed by atoms with van der Waals surface area (Å²) in [5.74, 6) is 0. The Morgan fingerprint density at radius 1 is 1.45 bits per heavy atom. The van der Waals surface area contributed by atoms with Gasteiger partial charge in [0.15, 0.2) is 0 Å². The van der Waals surface area contributed by atoms with E-state index in [1.54, 1.807) is 0 Å². The molecule has 1 rings (SSSR count). The van der Waals surface area contributed by atoms with Crippen LogP contribution in [0.3, 0.4) is 0 Å². The Labute approximate surface area is 67.9 Å². The van der Waals surface area contributed by atoms with Gasteiger partial charge in [-0.1, -0.05) is 19.8 Å². The SMILES string of the molecule is CCCCCOC1([C]=O)CC1. The maximum atomic E-state index is 10.3. The van der Waals surface area contributed by atoms with Crippen LogP contribution in [0.4, 0.5) is 0 Å². The molecule has 0 aromatic heterocycles. The standard InChI is InChI=1S/C9H15O2/c1-2-3-4-7-11-9(8-10)5-6-9/h2-7H2,1H3. The highest BCUT2D eigenvalue weighted by Gasteiger charge is 2.44. The Morgan fingerprint density at radius 3 is 2.64 bits per heavy atom. The van der Waals surface area contributed by atoms with Crippen molar-refractivity contribution in [1.29, 1.82) is 0 Å². The zero-order valence-electron chi connectivity index (χ0n) is 7.06. The summed E-state index contributed by atoms with van der Waals surface area (Å²) >= 11 is 0. The molecule has 0 amide bonds. The van der Waals surface area contributed by atoms with Crippen molar-refractivity contribution in [2.45, 2.75) is 44.6 Å². The molecular weight excluding hydrogens is 140 g/mol. The second kappa shape index (κ2) is 3.86. The Hall–Kier alpha value is -0.370. The number of hydrogen-bond donors (Lipinski definition) is 0. The van der Waals surface area contributed by atoms with Crippen molar-refractivity contribution in [3.8, 4) is 0 Å². The lowest BCUT2D eigenvalue weighted by atomic mass is 10.3. The minimum Gasteiger partial charge on any atom is -0.367 e. The fourth-order valence-electron chi connectivity index (χ4n) is 1.01. The highest BCUT2D eigenvalue weighted by Crippen LogP contribution is 2.37. The zero-order chi connectivity index (χ0) is 8.16. The first-order chi connectivity index (χ1) is 5.33. The molecule has 1 radical (unpaired) electrons. The van der Waals surface area contributed by atoms with Crippen LogP contribution >= 0.6 is 0 Å². The molecule has 0 bridgehead atoms. The molecular formula is C9H15O2. The summed E-state index contributed by atoms with van der Waals surface area (Å²) in [5, 5.41) is 0. The first-order valence-electron chi connectivity index (χ1n) is 4.36. The second-order valence-electron chi connectivity index (χ2n) is 3.15. The van der Waals surface area contributed by atoms with Crippen LogP contribution in [0.2, 0.25) is 0 Å². The lowest BCUT2D eigenvalue weighted by Gasteiger charge is -2.06. The molecule has 0 N–H and O–H groups in total. The highest BCUT2D eigenvalue weighted by atomic mass is 16.5. The summed E-state index contributed by atoms with van der Waals surface area (Å²) < 4.78 is 5.37. The number of hydrogen-bond acceptors (Lipinski definition) is 2. The van der Waals surface area contributed by atoms with E-state index in [2.05, 4.69) is 6.92 Å². The van der Waals surface area contributed by atoms with Gasteiger partial charge >= 0.3 is 0 Å². The molecule has 0 aromatic rings. The fraction of sp³-hybridized carbons (Fsp3) is 0.889. The van der Waals surface area contributed by atoms with Crippen LogP contribution in [0, 0.1) is 0 Å². The van der Waals surface area contributed by atoms with Crippen molar-refractivity contribution >= 4 is 6.29 Å². The van der Waals surface area contributed by atoms with Gasteiger partial charge < -0.3 is 4.74 Å². The molecule has 1 aliphatic rings. The molecule has 0 aliphatic heterocycles. The smallest absolute Gasteiger partial charge is 0.233 e. The highest BCUT2D eigenvalue weighted by molar-refractivity contribution is 5.67. The molecule has 0 atom stereocenters. The van der Waals surface area contributed by atoms with Crippen molar-refractivity contribution in [3.05, 3.63) is 0 Å². The Morgan fingerprint density at radius 2 is 2.18 bits per heavy atom. The second-order valence-corrected chi connectivity index (χ2v) is 3.15. The van der Waals surface area contributed by atoms with Crippen molar-refractivity contribution in [2.75, 3.05) is 6.61 Å². The molecule has 1 fully saturated rings. The Bertz CT molecular complexity index is 128. The Kier molecular flexibility index (Phi) is 3.06. The van der Waals surface area contributed by atoms with E-state index in [1.165, 1.54) is 12.8 Å². The van der Waals surface area contributed by atoms with Crippen LogP contribution < -0.4 is 0 Å². The summed E-state index contributed by atoms with van der Waals surface area (Å²) in [4.78, 5) is 10.3. The minimum atomic E-state index is -0.465. The largest absolute Gasteiger partial charge is 0.367 e. The lowest BCUT2D eigenvalue weighted by Crippen LogP contribution is -2.16. The molecule has 2 nitrogen and oxygen atoms in total. The van der Waals surface area contributed by atoms with E-state index in [0.29, 0.717) is 0 Å². The van der Waals surface area contributed by atoms with Gasteiger partial charge in [-0.2, -0.15) is 0 Å². The van der Waals surface area contributed by atoms with E-state index in [1.807, 2.05) is 6.29 Å². The van der Waals surface area contributed by atoms with Crippen LogP contribution in [0.1, 0.15) is 39.0 Å². The van der Waals surface area contributed by atoms with Gasteiger partial charge in [0.05, 0.1) is 0 Å². The van der Waals surface area contributed by atoms with E-state index < -0.39 is 5.60 Å². The van der Waals surface area contributed by atoms with Crippen molar-refractivity contribution in [1.82, 2.24) is 0 Å². The zero-order valence-corrected chi connectivity index (χ0v) is 7.06. The van der Waals surface area contributed by atoms with Gasteiger partial charge in [-0.15, -0.1) is 0 Å². The van der Waals surface area contributed by atoms with E-state index in [9.17, 15) is 4.79 Å². The van der Waals surface area contributed by atoms with Gasteiger partial charge in [0.25, 0.3) is 0 Å². The molecule has 11 heavy (non-hydrogen) atoms. The fourth-order valence-corrected chi connectivity index (χ4v) is 1.01.